The molecule has 0 spiro atoms. The van der Waals surface area contributed by atoms with Crippen molar-refractivity contribution < 1.29 is 10.2 Å². The molecule has 3 nitrogen and oxygen atoms in total. The van der Waals surface area contributed by atoms with Crippen molar-refractivity contribution in [1.82, 2.24) is 0 Å². The first-order valence-corrected chi connectivity index (χ1v) is 5.50. The number of benzene rings is 2. The summed E-state index contributed by atoms with van der Waals surface area (Å²) in [5, 5.41) is 18.9. The predicted octanol–water partition coefficient (Wildman–Crippen LogP) is 2.18. The minimum absolute atomic E-state index is 0.0834. The molecule has 2 aromatic carbocycles. The fourth-order valence-corrected chi connectivity index (χ4v) is 1.89. The van der Waals surface area contributed by atoms with E-state index in [4.69, 9.17) is 10.8 Å². The summed E-state index contributed by atoms with van der Waals surface area (Å²) in [4.78, 5) is 0. The Bertz CT molecular complexity index is 523. The molecule has 0 bridgehead atoms. The van der Waals surface area contributed by atoms with Gasteiger partial charge in [0.25, 0.3) is 0 Å². The summed E-state index contributed by atoms with van der Waals surface area (Å²) in [6.07, 6.45) is 0.560. The largest absolute Gasteiger partial charge is 0.507 e. The molecule has 2 rings (SSSR count). The molecule has 0 aliphatic heterocycles. The van der Waals surface area contributed by atoms with Gasteiger partial charge < -0.3 is 15.9 Å². The van der Waals surface area contributed by atoms with E-state index in [9.17, 15) is 5.11 Å². The number of hydrogen-bond donors (Lipinski definition) is 3. The summed E-state index contributed by atoms with van der Waals surface area (Å²) in [5.41, 5.74) is 8.94. The van der Waals surface area contributed by atoms with Gasteiger partial charge in [-0.2, -0.15) is 0 Å². The molecule has 0 aromatic heterocycles. The Morgan fingerprint density at radius 2 is 1.76 bits per heavy atom. The number of phenolic OH excluding ortho intramolecular Hbond substituents is 1. The van der Waals surface area contributed by atoms with Crippen molar-refractivity contribution in [2.24, 2.45) is 0 Å². The second-order valence-corrected chi connectivity index (χ2v) is 3.91. The lowest BCUT2D eigenvalue weighted by molar-refractivity contribution is 0.300. The molecule has 0 aliphatic rings. The number of aliphatic hydroxyl groups is 1. The number of phenols is 1. The van der Waals surface area contributed by atoms with Gasteiger partial charge in [-0.3, -0.25) is 0 Å². The fourth-order valence-electron chi connectivity index (χ4n) is 1.89. The second-order valence-electron chi connectivity index (χ2n) is 3.91. The van der Waals surface area contributed by atoms with Crippen molar-refractivity contribution in [3.63, 3.8) is 0 Å². The van der Waals surface area contributed by atoms with Crippen molar-refractivity contribution in [3.05, 3.63) is 48.0 Å². The molecule has 0 saturated heterocycles. The van der Waals surface area contributed by atoms with Gasteiger partial charge in [0, 0.05) is 17.9 Å². The SMILES string of the molecule is Nc1ccc(O)c(-c2ccccc2CCO)c1. The lowest BCUT2D eigenvalue weighted by atomic mass is 9.97. The minimum Gasteiger partial charge on any atom is -0.507 e. The van der Waals surface area contributed by atoms with Crippen molar-refractivity contribution in [2.45, 2.75) is 6.42 Å². The Kier molecular flexibility index (Phi) is 3.30. The molecule has 17 heavy (non-hydrogen) atoms. The van der Waals surface area contributed by atoms with E-state index < -0.39 is 0 Å². The zero-order chi connectivity index (χ0) is 12.3. The van der Waals surface area contributed by atoms with E-state index in [1.807, 2.05) is 24.3 Å². The number of aromatic hydroxyl groups is 1. The van der Waals surface area contributed by atoms with Crippen LogP contribution in [0.25, 0.3) is 11.1 Å². The molecule has 0 fully saturated rings. The Hall–Kier alpha value is -2.00. The number of nitrogen functional groups attached to an aromatic ring is 1. The maximum Gasteiger partial charge on any atom is 0.123 e. The first kappa shape index (κ1) is 11.5. The molecule has 0 radical (unpaired) electrons. The van der Waals surface area contributed by atoms with Crippen LogP contribution in [0.3, 0.4) is 0 Å². The molecule has 0 unspecified atom stereocenters. The summed E-state index contributed by atoms with van der Waals surface area (Å²) in [6.45, 7) is 0.0834. The molecule has 3 heteroatoms. The van der Waals surface area contributed by atoms with Crippen molar-refractivity contribution in [2.75, 3.05) is 12.3 Å². The maximum atomic E-state index is 9.86. The van der Waals surface area contributed by atoms with Crippen LogP contribution >= 0.6 is 0 Å². The Labute approximate surface area is 100 Å². The Morgan fingerprint density at radius 3 is 2.53 bits per heavy atom. The summed E-state index contributed by atoms with van der Waals surface area (Å²) in [5.74, 6) is 0.199. The van der Waals surface area contributed by atoms with E-state index in [1.54, 1.807) is 18.2 Å². The molecule has 2 aromatic rings. The number of aliphatic hydroxyl groups excluding tert-OH is 1. The van der Waals surface area contributed by atoms with Gasteiger partial charge in [-0.1, -0.05) is 24.3 Å². The standard InChI is InChI=1S/C14H15NO2/c15-11-5-6-14(17)13(9-11)12-4-2-1-3-10(12)7-8-16/h1-6,9,16-17H,7-8,15H2. The second kappa shape index (κ2) is 4.89. The zero-order valence-corrected chi connectivity index (χ0v) is 9.43. The molecular weight excluding hydrogens is 214 g/mol. The van der Waals surface area contributed by atoms with Gasteiger partial charge in [0.05, 0.1) is 0 Å². The van der Waals surface area contributed by atoms with E-state index in [0.717, 1.165) is 11.1 Å². The van der Waals surface area contributed by atoms with Crippen LogP contribution in [0.1, 0.15) is 5.56 Å². The topological polar surface area (TPSA) is 66.5 Å². The summed E-state index contributed by atoms with van der Waals surface area (Å²) in [7, 11) is 0. The minimum atomic E-state index is 0.0834. The van der Waals surface area contributed by atoms with Crippen LogP contribution in [0.5, 0.6) is 5.75 Å². The summed E-state index contributed by atoms with van der Waals surface area (Å²) < 4.78 is 0. The van der Waals surface area contributed by atoms with E-state index >= 15 is 0 Å². The van der Waals surface area contributed by atoms with Crippen LogP contribution in [0.4, 0.5) is 5.69 Å². The molecule has 0 saturated carbocycles. The normalized spacial score (nSPS) is 10.4. The van der Waals surface area contributed by atoms with Crippen molar-refractivity contribution in [3.8, 4) is 16.9 Å². The molecular formula is C14H15NO2. The average molecular weight is 229 g/mol. The highest BCUT2D eigenvalue weighted by atomic mass is 16.3. The number of rotatable bonds is 3. The Balaban J connectivity index is 2.55. The van der Waals surface area contributed by atoms with Crippen LogP contribution in [0.15, 0.2) is 42.5 Å². The van der Waals surface area contributed by atoms with Gasteiger partial charge in [0.1, 0.15) is 5.75 Å². The third-order valence-corrected chi connectivity index (χ3v) is 2.71. The molecule has 88 valence electrons. The third-order valence-electron chi connectivity index (χ3n) is 2.71. The highest BCUT2D eigenvalue weighted by Gasteiger charge is 2.08. The van der Waals surface area contributed by atoms with Crippen LogP contribution in [0.2, 0.25) is 0 Å². The first-order valence-electron chi connectivity index (χ1n) is 5.50. The molecule has 4 N–H and O–H groups in total. The van der Waals surface area contributed by atoms with Crippen molar-refractivity contribution in [1.29, 1.82) is 0 Å². The van der Waals surface area contributed by atoms with E-state index in [2.05, 4.69) is 0 Å². The van der Waals surface area contributed by atoms with Crippen LogP contribution < -0.4 is 5.73 Å². The van der Waals surface area contributed by atoms with Crippen molar-refractivity contribution >= 4 is 5.69 Å². The number of nitrogens with two attached hydrogens (primary N) is 1. The average Bonchev–Trinajstić information content (AvgIpc) is 2.34. The highest BCUT2D eigenvalue weighted by molar-refractivity contribution is 5.76. The quantitative estimate of drug-likeness (QED) is 0.558. The molecule has 0 heterocycles. The highest BCUT2D eigenvalue weighted by Crippen LogP contribution is 2.33. The molecule has 0 atom stereocenters. The summed E-state index contributed by atoms with van der Waals surface area (Å²) >= 11 is 0. The molecule has 0 amide bonds. The smallest absolute Gasteiger partial charge is 0.123 e. The van der Waals surface area contributed by atoms with Crippen LogP contribution in [-0.4, -0.2) is 16.8 Å². The van der Waals surface area contributed by atoms with E-state index in [0.29, 0.717) is 17.7 Å². The number of anilines is 1. The van der Waals surface area contributed by atoms with Gasteiger partial charge in [-0.25, -0.2) is 0 Å². The predicted molar refractivity (Wildman–Crippen MR) is 68.7 cm³/mol. The third kappa shape index (κ3) is 2.40. The van der Waals surface area contributed by atoms with Crippen LogP contribution in [-0.2, 0) is 6.42 Å². The maximum absolute atomic E-state index is 9.86. The lowest BCUT2D eigenvalue weighted by Gasteiger charge is -2.10. The van der Waals surface area contributed by atoms with Gasteiger partial charge in [0.15, 0.2) is 0 Å². The lowest BCUT2D eigenvalue weighted by Crippen LogP contribution is -1.95. The molecule has 0 aliphatic carbocycles. The van der Waals surface area contributed by atoms with Crippen LogP contribution in [0, 0.1) is 0 Å². The summed E-state index contributed by atoms with van der Waals surface area (Å²) in [6, 6.07) is 12.7. The monoisotopic (exact) mass is 229 g/mol. The number of hydrogen-bond acceptors (Lipinski definition) is 3. The van der Waals surface area contributed by atoms with Gasteiger partial charge >= 0.3 is 0 Å². The van der Waals surface area contributed by atoms with E-state index in [-0.39, 0.29) is 12.4 Å². The fraction of sp³-hybridized carbons (Fsp3) is 0.143. The zero-order valence-electron chi connectivity index (χ0n) is 9.43. The van der Waals surface area contributed by atoms with Gasteiger partial charge in [0.2, 0.25) is 0 Å². The van der Waals surface area contributed by atoms with Gasteiger partial charge in [-0.05, 0) is 35.7 Å². The first-order chi connectivity index (χ1) is 8.22. The Morgan fingerprint density at radius 1 is 1.00 bits per heavy atom. The van der Waals surface area contributed by atoms with E-state index in [1.165, 1.54) is 0 Å². The van der Waals surface area contributed by atoms with Gasteiger partial charge in [-0.15, -0.1) is 0 Å².